The summed E-state index contributed by atoms with van der Waals surface area (Å²) in [5.41, 5.74) is 0.295. The van der Waals surface area contributed by atoms with Crippen molar-refractivity contribution in [2.75, 3.05) is 23.7 Å². The zero-order valence-electron chi connectivity index (χ0n) is 12.6. The van der Waals surface area contributed by atoms with Crippen molar-refractivity contribution in [1.82, 2.24) is 5.32 Å². The van der Waals surface area contributed by atoms with Gasteiger partial charge in [-0.15, -0.1) is 0 Å². The minimum atomic E-state index is -0.483. The molecule has 0 saturated carbocycles. The Balaban J connectivity index is 2.22. The highest BCUT2D eigenvalue weighted by molar-refractivity contribution is 8.14. The maximum Gasteiger partial charge on any atom is 0.343 e. The van der Waals surface area contributed by atoms with Gasteiger partial charge < -0.3 is 10.2 Å². The first-order valence-electron chi connectivity index (χ1n) is 7.23. The van der Waals surface area contributed by atoms with Crippen LogP contribution in [0.1, 0.15) is 19.8 Å². The topological polar surface area (TPSA) is 87.8 Å². The molecule has 1 aliphatic rings. The van der Waals surface area contributed by atoms with Gasteiger partial charge in [-0.05, 0) is 18.6 Å². The van der Waals surface area contributed by atoms with Crippen LogP contribution in [0.5, 0.6) is 0 Å². The van der Waals surface area contributed by atoms with E-state index in [1.54, 1.807) is 17.0 Å². The summed E-state index contributed by atoms with van der Waals surface area (Å²) < 4.78 is 0. The number of nitro benzene ring substituents is 1. The van der Waals surface area contributed by atoms with E-state index in [2.05, 4.69) is 10.3 Å². The van der Waals surface area contributed by atoms with Crippen molar-refractivity contribution in [1.29, 1.82) is 0 Å². The number of amidine groups is 1. The van der Waals surface area contributed by atoms with E-state index in [1.807, 2.05) is 6.92 Å². The van der Waals surface area contributed by atoms with E-state index in [0.29, 0.717) is 34.7 Å². The molecule has 1 fully saturated rings. The number of benzene rings is 1. The molecule has 0 aromatic heterocycles. The minimum Gasteiger partial charge on any atom is -0.336 e. The molecular weight excluding hydrogens is 340 g/mol. The van der Waals surface area contributed by atoms with Crippen molar-refractivity contribution in [3.63, 3.8) is 0 Å². The summed E-state index contributed by atoms with van der Waals surface area (Å²) in [5.74, 6) is 0.709. The molecule has 23 heavy (non-hydrogen) atoms. The van der Waals surface area contributed by atoms with E-state index in [9.17, 15) is 14.9 Å². The molecule has 1 aliphatic heterocycles. The molecule has 0 bridgehead atoms. The largest absolute Gasteiger partial charge is 0.343 e. The quantitative estimate of drug-likeness (QED) is 0.494. The van der Waals surface area contributed by atoms with E-state index in [1.165, 1.54) is 17.8 Å². The maximum absolute atomic E-state index is 11.8. The molecular formula is C14H17ClN4O3S. The molecule has 9 heteroatoms. The second-order valence-corrected chi connectivity index (χ2v) is 6.37. The van der Waals surface area contributed by atoms with Crippen LogP contribution < -0.4 is 10.2 Å². The van der Waals surface area contributed by atoms with Crippen LogP contribution in [0.2, 0.25) is 5.02 Å². The summed E-state index contributed by atoms with van der Waals surface area (Å²) in [6.07, 6.45) is 1.87. The number of nitrogens with one attached hydrogen (secondary N) is 1. The lowest BCUT2D eigenvalue weighted by atomic mass is 10.2. The van der Waals surface area contributed by atoms with Gasteiger partial charge in [0.25, 0.3) is 5.69 Å². The molecule has 0 aliphatic carbocycles. The predicted octanol–water partition coefficient (Wildman–Crippen LogP) is 3.67. The summed E-state index contributed by atoms with van der Waals surface area (Å²) in [7, 11) is 0. The first-order valence-corrected chi connectivity index (χ1v) is 8.60. The van der Waals surface area contributed by atoms with Crippen molar-refractivity contribution >= 4 is 45.9 Å². The molecule has 2 amide bonds. The number of rotatable bonds is 5. The summed E-state index contributed by atoms with van der Waals surface area (Å²) >= 11 is 7.23. The average Bonchev–Trinajstić information content (AvgIpc) is 2.95. The normalized spacial score (nSPS) is 15.9. The highest BCUT2D eigenvalue weighted by Gasteiger charge is 2.28. The Morgan fingerprint density at radius 2 is 2.35 bits per heavy atom. The Morgan fingerprint density at radius 1 is 1.57 bits per heavy atom. The Hall–Kier alpha value is -1.80. The number of nitrogens with zero attached hydrogens (tertiary/aromatic N) is 3. The van der Waals surface area contributed by atoms with Crippen molar-refractivity contribution < 1.29 is 9.72 Å². The van der Waals surface area contributed by atoms with Crippen LogP contribution in [0.3, 0.4) is 0 Å². The number of carbonyl (C=O) groups is 1. The number of unbranched alkanes of at least 4 members (excludes halogenated alkanes) is 1. The summed E-state index contributed by atoms with van der Waals surface area (Å²) in [5, 5.41) is 14.7. The molecule has 0 spiro atoms. The highest BCUT2D eigenvalue weighted by atomic mass is 35.5. The first kappa shape index (κ1) is 17.6. The fourth-order valence-electron chi connectivity index (χ4n) is 2.09. The maximum atomic E-state index is 11.8. The third-order valence-electron chi connectivity index (χ3n) is 3.21. The third-order valence-corrected chi connectivity index (χ3v) is 4.40. The van der Waals surface area contributed by atoms with E-state index in [4.69, 9.17) is 11.6 Å². The van der Waals surface area contributed by atoms with Gasteiger partial charge in [0.05, 0.1) is 4.92 Å². The highest BCUT2D eigenvalue weighted by Crippen LogP contribution is 2.35. The molecule has 1 saturated heterocycles. The van der Waals surface area contributed by atoms with Gasteiger partial charge >= 0.3 is 6.03 Å². The molecule has 2 rings (SSSR count). The molecule has 1 aromatic carbocycles. The SMILES string of the molecule is CCCCNC(=O)N=C1SCCN1c1ccc(Cl)cc1[N+](=O)[O-]. The molecule has 1 aromatic rings. The van der Waals surface area contributed by atoms with E-state index in [-0.39, 0.29) is 5.69 Å². The zero-order valence-corrected chi connectivity index (χ0v) is 14.2. The average molecular weight is 357 g/mol. The van der Waals surface area contributed by atoms with Gasteiger partial charge in [-0.25, -0.2) is 4.79 Å². The molecule has 0 radical (unpaired) electrons. The van der Waals surface area contributed by atoms with Gasteiger partial charge in [-0.1, -0.05) is 36.7 Å². The number of halogens is 1. The lowest BCUT2D eigenvalue weighted by molar-refractivity contribution is -0.384. The van der Waals surface area contributed by atoms with Crippen LogP contribution in [0, 0.1) is 10.1 Å². The van der Waals surface area contributed by atoms with Gasteiger partial charge in [-0.2, -0.15) is 4.99 Å². The van der Waals surface area contributed by atoms with Gasteiger partial charge in [0.15, 0.2) is 5.17 Å². The number of anilines is 1. The van der Waals surface area contributed by atoms with Crippen LogP contribution in [0.25, 0.3) is 0 Å². The molecule has 1 heterocycles. The number of amides is 2. The van der Waals surface area contributed by atoms with Gasteiger partial charge in [0, 0.05) is 29.9 Å². The zero-order chi connectivity index (χ0) is 16.8. The first-order chi connectivity index (χ1) is 11.0. The fourth-order valence-corrected chi connectivity index (χ4v) is 3.20. The Labute approximate surface area is 143 Å². The van der Waals surface area contributed by atoms with Crippen molar-refractivity contribution in [3.8, 4) is 0 Å². The molecule has 0 unspecified atom stereocenters. The molecule has 124 valence electrons. The van der Waals surface area contributed by atoms with Crippen LogP contribution in [-0.2, 0) is 0 Å². The molecule has 0 atom stereocenters. The van der Waals surface area contributed by atoms with Crippen LogP contribution in [-0.4, -0.2) is 35.0 Å². The number of thioether (sulfide) groups is 1. The van der Waals surface area contributed by atoms with Crippen LogP contribution in [0.4, 0.5) is 16.2 Å². The summed E-state index contributed by atoms with van der Waals surface area (Å²) in [6, 6.07) is 4.05. The monoisotopic (exact) mass is 356 g/mol. The number of aliphatic imine (C=N–C) groups is 1. The third kappa shape index (κ3) is 4.59. The second kappa shape index (κ2) is 8.16. The van der Waals surface area contributed by atoms with Gasteiger partial charge in [0.1, 0.15) is 5.69 Å². The summed E-state index contributed by atoms with van der Waals surface area (Å²) in [6.45, 7) is 3.15. The van der Waals surface area contributed by atoms with Crippen LogP contribution in [0.15, 0.2) is 23.2 Å². The van der Waals surface area contributed by atoms with Crippen molar-refractivity contribution in [2.24, 2.45) is 4.99 Å². The number of nitro groups is 1. The Kier molecular flexibility index (Phi) is 6.23. The van der Waals surface area contributed by atoms with Crippen molar-refractivity contribution in [3.05, 3.63) is 33.3 Å². The number of carbonyl (C=O) groups excluding carboxylic acids is 1. The molecule has 1 N–H and O–H groups in total. The number of hydrogen-bond acceptors (Lipinski definition) is 4. The Morgan fingerprint density at radius 3 is 3.04 bits per heavy atom. The minimum absolute atomic E-state index is 0.0981. The Bertz CT molecular complexity index is 638. The van der Waals surface area contributed by atoms with E-state index in [0.717, 1.165) is 12.8 Å². The fraction of sp³-hybridized carbons (Fsp3) is 0.429. The lowest BCUT2D eigenvalue weighted by Crippen LogP contribution is -2.28. The number of urea groups is 1. The standard InChI is InChI=1S/C14H17ClN4O3S/c1-2-3-6-16-13(20)17-14-18(7-8-23-14)11-5-4-10(15)9-12(11)19(21)22/h4-5,9H,2-3,6-8H2,1H3,(H,16,20). The lowest BCUT2D eigenvalue weighted by Gasteiger charge is -2.17. The van der Waals surface area contributed by atoms with E-state index >= 15 is 0 Å². The smallest absolute Gasteiger partial charge is 0.336 e. The number of hydrogen-bond donors (Lipinski definition) is 1. The van der Waals surface area contributed by atoms with Crippen LogP contribution >= 0.6 is 23.4 Å². The van der Waals surface area contributed by atoms with Gasteiger partial charge in [-0.3, -0.25) is 10.1 Å². The van der Waals surface area contributed by atoms with Gasteiger partial charge in [0.2, 0.25) is 0 Å². The molecule has 7 nitrogen and oxygen atoms in total. The predicted molar refractivity (Wildman–Crippen MR) is 93.7 cm³/mol. The van der Waals surface area contributed by atoms with Crippen molar-refractivity contribution in [2.45, 2.75) is 19.8 Å². The second-order valence-electron chi connectivity index (χ2n) is 4.87. The summed E-state index contributed by atoms with van der Waals surface area (Å²) in [4.78, 5) is 28.3. The van der Waals surface area contributed by atoms with E-state index < -0.39 is 11.0 Å².